The van der Waals surface area contributed by atoms with Gasteiger partial charge in [0.15, 0.2) is 0 Å². The third-order valence-corrected chi connectivity index (χ3v) is 3.55. The third-order valence-electron chi connectivity index (χ3n) is 2.64. The van der Waals surface area contributed by atoms with Crippen LogP contribution in [0.25, 0.3) is 0 Å². The van der Waals surface area contributed by atoms with Crippen LogP contribution in [0.1, 0.15) is 16.1 Å². The van der Waals surface area contributed by atoms with Gasteiger partial charge in [-0.2, -0.15) is 0 Å². The van der Waals surface area contributed by atoms with E-state index in [2.05, 4.69) is 14.8 Å². The predicted molar refractivity (Wildman–Crippen MR) is 67.9 cm³/mol. The number of fused-ring (bicyclic) bond motifs is 1. The molecule has 0 saturated carbocycles. The van der Waals surface area contributed by atoms with Crippen LogP contribution in [0.3, 0.4) is 0 Å². The summed E-state index contributed by atoms with van der Waals surface area (Å²) in [5.74, 6) is -1.65. The Balaban J connectivity index is 2.40. The Morgan fingerprint density at radius 2 is 2.05 bits per heavy atom. The summed E-state index contributed by atoms with van der Waals surface area (Å²) < 4.78 is 9.11. The van der Waals surface area contributed by atoms with E-state index in [0.29, 0.717) is 10.6 Å². The second-order valence-corrected chi connectivity index (χ2v) is 4.63. The second kappa shape index (κ2) is 5.23. The average Bonchev–Trinajstić information content (AvgIpc) is 2.98. The molecule has 2 heterocycles. The molecule has 1 aromatic heterocycles. The molecule has 2 rings (SSSR count). The van der Waals surface area contributed by atoms with Crippen LogP contribution in [0, 0.1) is 0 Å². The molecule has 1 aromatic rings. The van der Waals surface area contributed by atoms with Crippen molar-refractivity contribution >= 4 is 34.7 Å². The third kappa shape index (κ3) is 2.37. The van der Waals surface area contributed by atoms with E-state index in [1.165, 1.54) is 25.6 Å². The van der Waals surface area contributed by atoms with E-state index in [-0.39, 0.29) is 23.5 Å². The van der Waals surface area contributed by atoms with Crippen molar-refractivity contribution in [3.05, 3.63) is 27.6 Å². The molecule has 0 amide bonds. The van der Waals surface area contributed by atoms with Crippen molar-refractivity contribution in [2.24, 2.45) is 0 Å². The van der Waals surface area contributed by atoms with Crippen molar-refractivity contribution < 1.29 is 23.9 Å². The van der Waals surface area contributed by atoms with Gasteiger partial charge in [-0.25, -0.2) is 4.79 Å². The summed E-state index contributed by atoms with van der Waals surface area (Å²) >= 11 is 1.27. The number of carbonyl (C=O) groups excluding carboxylic acids is 3. The fraction of sp³-hybridized carbons (Fsp3) is 0.250. The molecule has 100 valence electrons. The van der Waals surface area contributed by atoms with Crippen LogP contribution < -0.4 is 5.32 Å². The number of nitrogens with one attached hydrogen (secondary N) is 1. The number of anilines is 1. The molecule has 1 N–H and O–H groups in total. The van der Waals surface area contributed by atoms with Crippen LogP contribution in [-0.4, -0.2) is 31.9 Å². The Bertz CT molecular complexity index is 587. The highest BCUT2D eigenvalue weighted by Gasteiger charge is 2.32. The lowest BCUT2D eigenvalue weighted by atomic mass is 10.1. The minimum Gasteiger partial charge on any atom is -0.469 e. The zero-order valence-electron chi connectivity index (χ0n) is 10.3. The molecule has 6 nitrogen and oxygen atoms in total. The molecule has 19 heavy (non-hydrogen) atoms. The van der Waals surface area contributed by atoms with Crippen molar-refractivity contribution in [2.45, 2.75) is 6.42 Å². The van der Waals surface area contributed by atoms with Gasteiger partial charge in [-0.15, -0.1) is 11.3 Å². The Kier molecular flexibility index (Phi) is 3.66. The molecule has 1 aliphatic heterocycles. The van der Waals surface area contributed by atoms with Crippen LogP contribution in [0.4, 0.5) is 5.69 Å². The van der Waals surface area contributed by atoms with Gasteiger partial charge in [0.1, 0.15) is 4.88 Å². The molecular formula is C12H11NO5S. The lowest BCUT2D eigenvalue weighted by Crippen LogP contribution is -2.17. The van der Waals surface area contributed by atoms with E-state index in [4.69, 9.17) is 0 Å². The van der Waals surface area contributed by atoms with Gasteiger partial charge in [-0.05, 0) is 11.4 Å². The topological polar surface area (TPSA) is 81.7 Å². The predicted octanol–water partition coefficient (Wildman–Crippen LogP) is 1.35. The fourth-order valence-electron chi connectivity index (χ4n) is 1.70. The van der Waals surface area contributed by atoms with Crippen molar-refractivity contribution in [3.8, 4) is 0 Å². The van der Waals surface area contributed by atoms with Gasteiger partial charge in [-0.3, -0.25) is 9.59 Å². The summed E-state index contributed by atoms with van der Waals surface area (Å²) in [4.78, 5) is 35.6. The number of allylic oxidation sites excluding steroid dienone is 1. The van der Waals surface area contributed by atoms with E-state index in [0.717, 1.165) is 0 Å². The first-order valence-corrected chi connectivity index (χ1v) is 6.24. The SMILES string of the molecule is COC(=O)C/C(C(=O)OC)=C1/Nc2ccsc2C1=O. The van der Waals surface area contributed by atoms with Gasteiger partial charge < -0.3 is 14.8 Å². The molecule has 0 bridgehead atoms. The highest BCUT2D eigenvalue weighted by molar-refractivity contribution is 7.13. The first-order valence-electron chi connectivity index (χ1n) is 5.36. The van der Waals surface area contributed by atoms with Gasteiger partial charge in [0.2, 0.25) is 5.78 Å². The zero-order valence-corrected chi connectivity index (χ0v) is 11.1. The van der Waals surface area contributed by atoms with Crippen molar-refractivity contribution in [1.29, 1.82) is 0 Å². The molecule has 0 aromatic carbocycles. The molecule has 0 unspecified atom stereocenters. The summed E-state index contributed by atoms with van der Waals surface area (Å²) in [6.45, 7) is 0. The Morgan fingerprint density at radius 1 is 1.32 bits per heavy atom. The normalized spacial score (nSPS) is 15.6. The van der Waals surface area contributed by atoms with E-state index in [1.807, 2.05) is 0 Å². The minimum absolute atomic E-state index is 0.0252. The molecule has 0 saturated heterocycles. The first-order chi connectivity index (χ1) is 9.08. The molecule has 0 fully saturated rings. The summed E-state index contributed by atoms with van der Waals surface area (Å²) in [6.07, 6.45) is -0.313. The summed E-state index contributed by atoms with van der Waals surface area (Å²) in [5.41, 5.74) is 0.693. The maximum Gasteiger partial charge on any atom is 0.336 e. The van der Waals surface area contributed by atoms with Crippen molar-refractivity contribution in [3.63, 3.8) is 0 Å². The summed E-state index contributed by atoms with van der Waals surface area (Å²) in [6, 6.07) is 1.73. The number of Topliss-reactive ketones (excluding diaryl/α,β-unsaturated/α-hetero) is 1. The Hall–Kier alpha value is -2.15. The van der Waals surface area contributed by atoms with Gasteiger partial charge in [0, 0.05) is 0 Å². The van der Waals surface area contributed by atoms with Crippen LogP contribution in [0.5, 0.6) is 0 Å². The highest BCUT2D eigenvalue weighted by atomic mass is 32.1. The Labute approximate surface area is 113 Å². The monoisotopic (exact) mass is 281 g/mol. The maximum atomic E-state index is 12.1. The maximum absolute atomic E-state index is 12.1. The number of carbonyl (C=O) groups is 3. The van der Waals surface area contributed by atoms with E-state index in [1.54, 1.807) is 11.4 Å². The quantitative estimate of drug-likeness (QED) is 0.665. The van der Waals surface area contributed by atoms with E-state index >= 15 is 0 Å². The second-order valence-electron chi connectivity index (χ2n) is 3.72. The zero-order chi connectivity index (χ0) is 14.0. The lowest BCUT2D eigenvalue weighted by molar-refractivity contribution is -0.143. The standard InChI is InChI=1S/C12H11NO5S/c1-17-8(14)5-6(12(16)18-2)9-10(15)11-7(13-9)3-4-19-11/h3-4,13H,5H2,1-2H3/b9-6-. The van der Waals surface area contributed by atoms with E-state index in [9.17, 15) is 14.4 Å². The van der Waals surface area contributed by atoms with Crippen LogP contribution in [-0.2, 0) is 19.1 Å². The van der Waals surface area contributed by atoms with Crippen molar-refractivity contribution in [1.82, 2.24) is 0 Å². The van der Waals surface area contributed by atoms with Crippen LogP contribution in [0.2, 0.25) is 0 Å². The van der Waals surface area contributed by atoms with Gasteiger partial charge in [0.05, 0.1) is 37.6 Å². The summed E-state index contributed by atoms with van der Waals surface area (Å²) in [5, 5.41) is 4.61. The van der Waals surface area contributed by atoms with Gasteiger partial charge in [-0.1, -0.05) is 0 Å². The fourth-order valence-corrected chi connectivity index (χ4v) is 2.50. The smallest absolute Gasteiger partial charge is 0.336 e. The molecule has 0 spiro atoms. The molecule has 0 atom stereocenters. The number of hydrogen-bond donors (Lipinski definition) is 1. The number of ketones is 1. The van der Waals surface area contributed by atoms with Crippen LogP contribution >= 0.6 is 11.3 Å². The van der Waals surface area contributed by atoms with Gasteiger partial charge >= 0.3 is 11.9 Å². The number of rotatable bonds is 3. The molecule has 0 aliphatic carbocycles. The summed E-state index contributed by atoms with van der Waals surface area (Å²) in [7, 11) is 2.40. The number of esters is 2. The van der Waals surface area contributed by atoms with Gasteiger partial charge in [0.25, 0.3) is 0 Å². The van der Waals surface area contributed by atoms with Crippen LogP contribution in [0.15, 0.2) is 22.7 Å². The van der Waals surface area contributed by atoms with E-state index < -0.39 is 11.9 Å². The molecule has 0 radical (unpaired) electrons. The Morgan fingerprint density at radius 3 is 2.63 bits per heavy atom. The largest absolute Gasteiger partial charge is 0.469 e. The number of hydrogen-bond acceptors (Lipinski definition) is 7. The van der Waals surface area contributed by atoms with Crippen molar-refractivity contribution in [2.75, 3.05) is 19.5 Å². The minimum atomic E-state index is -0.726. The molecular weight excluding hydrogens is 270 g/mol. The lowest BCUT2D eigenvalue weighted by Gasteiger charge is -2.08. The number of ether oxygens (including phenoxy) is 2. The number of thiophene rings is 1. The highest BCUT2D eigenvalue weighted by Crippen LogP contribution is 2.34. The first kappa shape index (κ1) is 13.3. The average molecular weight is 281 g/mol. The number of methoxy groups -OCH3 is 2. The molecule has 1 aliphatic rings. The molecule has 7 heteroatoms.